The molecule has 0 spiro atoms. The van der Waals surface area contributed by atoms with Crippen molar-refractivity contribution in [3.05, 3.63) is 54.0 Å². The third-order valence-corrected chi connectivity index (χ3v) is 4.65. The summed E-state index contributed by atoms with van der Waals surface area (Å²) in [5, 5.41) is 0. The van der Waals surface area contributed by atoms with E-state index in [2.05, 4.69) is 9.46 Å². The van der Waals surface area contributed by atoms with Gasteiger partial charge < -0.3 is 13.9 Å². The molecule has 8 nitrogen and oxygen atoms in total. The molecule has 25 heavy (non-hydrogen) atoms. The third kappa shape index (κ3) is 4.91. The Morgan fingerprint density at radius 2 is 1.88 bits per heavy atom. The van der Waals surface area contributed by atoms with E-state index in [1.165, 1.54) is 44.6 Å². The fraction of sp³-hybridized carbons (Fsp3) is 0.250. The number of sulfonamides is 1. The predicted octanol–water partition coefficient (Wildman–Crippen LogP) is 1.48. The van der Waals surface area contributed by atoms with Crippen LogP contribution in [0.2, 0.25) is 0 Å². The second-order valence-corrected chi connectivity index (χ2v) is 6.77. The van der Waals surface area contributed by atoms with Crippen LogP contribution in [-0.4, -0.2) is 33.6 Å². The molecule has 1 aromatic heterocycles. The van der Waals surface area contributed by atoms with Gasteiger partial charge in [0, 0.05) is 0 Å². The molecule has 1 unspecified atom stereocenters. The molecule has 0 radical (unpaired) electrons. The summed E-state index contributed by atoms with van der Waals surface area (Å²) in [7, 11) is -2.57. The number of hydrogen-bond acceptors (Lipinski definition) is 7. The molecule has 1 atom stereocenters. The standard InChI is InChI=1S/C16H17NO7S/c1-11(15(18)22-2)24-16(19)12-5-7-14(8-6-12)25(20,21)17-10-13-4-3-9-23-13/h3-9,11,17H,10H2,1-2H3. The number of methoxy groups -OCH3 is 1. The first kappa shape index (κ1) is 18.7. The van der Waals surface area contributed by atoms with Crippen LogP contribution in [0.3, 0.4) is 0 Å². The molecule has 0 aliphatic heterocycles. The summed E-state index contributed by atoms with van der Waals surface area (Å²) in [5.41, 5.74) is 0.112. The van der Waals surface area contributed by atoms with Gasteiger partial charge in [-0.25, -0.2) is 22.7 Å². The number of rotatable bonds is 7. The van der Waals surface area contributed by atoms with Crippen molar-refractivity contribution in [1.29, 1.82) is 0 Å². The van der Waals surface area contributed by atoms with E-state index < -0.39 is 28.1 Å². The number of carbonyl (C=O) groups excluding carboxylic acids is 2. The van der Waals surface area contributed by atoms with E-state index in [4.69, 9.17) is 9.15 Å². The van der Waals surface area contributed by atoms with Crippen LogP contribution in [0.5, 0.6) is 0 Å². The molecule has 1 aromatic carbocycles. The van der Waals surface area contributed by atoms with Crippen molar-refractivity contribution >= 4 is 22.0 Å². The monoisotopic (exact) mass is 367 g/mol. The molecule has 134 valence electrons. The summed E-state index contributed by atoms with van der Waals surface area (Å²) < 4.78 is 41.2. The Labute approximate surface area is 144 Å². The van der Waals surface area contributed by atoms with Crippen molar-refractivity contribution in [3.63, 3.8) is 0 Å². The minimum Gasteiger partial charge on any atom is -0.468 e. The van der Waals surface area contributed by atoms with Gasteiger partial charge in [0.05, 0.1) is 30.4 Å². The van der Waals surface area contributed by atoms with E-state index in [1.807, 2.05) is 0 Å². The van der Waals surface area contributed by atoms with Gasteiger partial charge in [-0.3, -0.25) is 0 Å². The van der Waals surface area contributed by atoms with E-state index in [1.54, 1.807) is 12.1 Å². The summed E-state index contributed by atoms with van der Waals surface area (Å²) >= 11 is 0. The minimum atomic E-state index is -3.76. The van der Waals surface area contributed by atoms with Crippen molar-refractivity contribution in [2.24, 2.45) is 0 Å². The van der Waals surface area contributed by atoms with Gasteiger partial charge in [0.1, 0.15) is 5.76 Å². The first-order chi connectivity index (χ1) is 11.8. The molecular weight excluding hydrogens is 350 g/mol. The summed E-state index contributed by atoms with van der Waals surface area (Å²) in [6.45, 7) is 1.39. The lowest BCUT2D eigenvalue weighted by Gasteiger charge is -2.11. The lowest BCUT2D eigenvalue weighted by molar-refractivity contribution is -0.149. The first-order valence-corrected chi connectivity index (χ1v) is 8.72. The quantitative estimate of drug-likeness (QED) is 0.738. The number of carbonyl (C=O) groups is 2. The van der Waals surface area contributed by atoms with Gasteiger partial charge in [-0.05, 0) is 43.3 Å². The Hall–Kier alpha value is -2.65. The predicted molar refractivity (Wildman–Crippen MR) is 86.1 cm³/mol. The maximum Gasteiger partial charge on any atom is 0.346 e. The Morgan fingerprint density at radius 3 is 2.44 bits per heavy atom. The van der Waals surface area contributed by atoms with E-state index in [9.17, 15) is 18.0 Å². The Morgan fingerprint density at radius 1 is 1.20 bits per heavy atom. The largest absolute Gasteiger partial charge is 0.468 e. The highest BCUT2D eigenvalue weighted by Crippen LogP contribution is 2.13. The normalized spacial score (nSPS) is 12.4. The zero-order valence-electron chi connectivity index (χ0n) is 13.6. The highest BCUT2D eigenvalue weighted by atomic mass is 32.2. The molecule has 0 bridgehead atoms. The second-order valence-electron chi connectivity index (χ2n) is 5.00. The Bertz CT molecular complexity index is 826. The number of furan rings is 1. The number of ether oxygens (including phenoxy) is 2. The van der Waals surface area contributed by atoms with Gasteiger partial charge in [-0.2, -0.15) is 0 Å². The van der Waals surface area contributed by atoms with Gasteiger partial charge in [0.2, 0.25) is 10.0 Å². The van der Waals surface area contributed by atoms with Crippen LogP contribution in [0.25, 0.3) is 0 Å². The molecule has 0 aliphatic carbocycles. The second kappa shape index (κ2) is 7.95. The smallest absolute Gasteiger partial charge is 0.346 e. The molecule has 0 fully saturated rings. The van der Waals surface area contributed by atoms with Gasteiger partial charge >= 0.3 is 11.9 Å². The summed E-state index contributed by atoms with van der Waals surface area (Å²) in [6.07, 6.45) is 0.384. The maximum absolute atomic E-state index is 12.2. The third-order valence-electron chi connectivity index (χ3n) is 3.23. The van der Waals surface area contributed by atoms with E-state index in [0.717, 1.165) is 0 Å². The van der Waals surface area contributed by atoms with Crippen molar-refractivity contribution in [2.45, 2.75) is 24.5 Å². The van der Waals surface area contributed by atoms with Crippen LogP contribution in [0.4, 0.5) is 0 Å². The molecule has 0 aliphatic rings. The van der Waals surface area contributed by atoms with E-state index >= 15 is 0 Å². The first-order valence-electron chi connectivity index (χ1n) is 7.24. The Kier molecular flexibility index (Phi) is 5.94. The highest BCUT2D eigenvalue weighted by Gasteiger charge is 2.20. The van der Waals surface area contributed by atoms with E-state index in [-0.39, 0.29) is 17.0 Å². The molecule has 1 heterocycles. The van der Waals surface area contributed by atoms with Crippen molar-refractivity contribution in [2.75, 3.05) is 7.11 Å². The zero-order valence-corrected chi connectivity index (χ0v) is 14.4. The van der Waals surface area contributed by atoms with E-state index in [0.29, 0.717) is 5.76 Å². The van der Waals surface area contributed by atoms with Crippen LogP contribution in [0.15, 0.2) is 52.0 Å². The lowest BCUT2D eigenvalue weighted by Crippen LogP contribution is -2.25. The van der Waals surface area contributed by atoms with Crippen LogP contribution in [0.1, 0.15) is 23.0 Å². The van der Waals surface area contributed by atoms with Crippen LogP contribution in [-0.2, 0) is 30.8 Å². The van der Waals surface area contributed by atoms with Crippen molar-refractivity contribution in [3.8, 4) is 0 Å². The molecular formula is C16H17NO7S. The lowest BCUT2D eigenvalue weighted by atomic mass is 10.2. The fourth-order valence-electron chi connectivity index (χ4n) is 1.88. The highest BCUT2D eigenvalue weighted by molar-refractivity contribution is 7.89. The molecule has 1 N–H and O–H groups in total. The molecule has 0 saturated carbocycles. The average molecular weight is 367 g/mol. The maximum atomic E-state index is 12.2. The molecule has 0 saturated heterocycles. The number of hydrogen-bond donors (Lipinski definition) is 1. The fourth-order valence-corrected chi connectivity index (χ4v) is 2.87. The average Bonchev–Trinajstić information content (AvgIpc) is 3.13. The summed E-state index contributed by atoms with van der Waals surface area (Å²) in [5.74, 6) is -0.972. The van der Waals surface area contributed by atoms with Gasteiger partial charge in [-0.1, -0.05) is 0 Å². The van der Waals surface area contributed by atoms with Gasteiger partial charge in [0.15, 0.2) is 6.10 Å². The SMILES string of the molecule is COC(=O)C(C)OC(=O)c1ccc(S(=O)(=O)NCc2ccco2)cc1. The van der Waals surface area contributed by atoms with Crippen LogP contribution >= 0.6 is 0 Å². The van der Waals surface area contributed by atoms with Crippen molar-refractivity contribution in [1.82, 2.24) is 4.72 Å². The Balaban J connectivity index is 2.03. The number of nitrogens with one attached hydrogen (secondary N) is 1. The summed E-state index contributed by atoms with van der Waals surface area (Å²) in [4.78, 5) is 23.1. The van der Waals surface area contributed by atoms with Crippen LogP contribution < -0.4 is 4.72 Å². The molecule has 2 rings (SSSR count). The van der Waals surface area contributed by atoms with Crippen LogP contribution in [0, 0.1) is 0 Å². The molecule has 9 heteroatoms. The topological polar surface area (TPSA) is 112 Å². The van der Waals surface area contributed by atoms with Gasteiger partial charge in [-0.15, -0.1) is 0 Å². The van der Waals surface area contributed by atoms with Crippen molar-refractivity contribution < 1.29 is 31.9 Å². The number of benzene rings is 1. The van der Waals surface area contributed by atoms with Gasteiger partial charge in [0.25, 0.3) is 0 Å². The molecule has 0 amide bonds. The number of esters is 2. The minimum absolute atomic E-state index is 0.00969. The molecule has 2 aromatic rings. The summed E-state index contributed by atoms with van der Waals surface area (Å²) in [6, 6.07) is 8.43. The zero-order chi connectivity index (χ0) is 18.4.